The van der Waals surface area contributed by atoms with Crippen LogP contribution < -0.4 is 27.4 Å². The number of phenolic OH excluding ortho intramolecular Hbond substituents is 1. The van der Waals surface area contributed by atoms with Gasteiger partial charge >= 0.3 is 11.9 Å². The van der Waals surface area contributed by atoms with Gasteiger partial charge in [0.05, 0.1) is 12.5 Å². The molecule has 10 N–H and O–H groups in total. The van der Waals surface area contributed by atoms with Crippen LogP contribution in [0.4, 0.5) is 0 Å². The summed E-state index contributed by atoms with van der Waals surface area (Å²) < 4.78 is 0. The van der Waals surface area contributed by atoms with E-state index in [0.717, 1.165) is 0 Å². The third-order valence-corrected chi connectivity index (χ3v) is 5.55. The molecule has 3 amide bonds. The first kappa shape index (κ1) is 31.3. The summed E-state index contributed by atoms with van der Waals surface area (Å²) in [4.78, 5) is 61.2. The third kappa shape index (κ3) is 11.3. The van der Waals surface area contributed by atoms with Crippen LogP contribution >= 0.6 is 0 Å². The van der Waals surface area contributed by atoms with E-state index in [1.807, 2.05) is 0 Å². The topological polar surface area (TPSA) is 234 Å². The molecule has 1 aromatic carbocycles. The number of rotatable bonds is 16. The molecule has 0 aliphatic rings. The molecule has 0 fully saturated rings. The first-order valence-electron chi connectivity index (χ1n) is 11.9. The van der Waals surface area contributed by atoms with Crippen molar-refractivity contribution in [3.05, 3.63) is 29.8 Å². The van der Waals surface area contributed by atoms with Crippen molar-refractivity contribution in [3.8, 4) is 5.75 Å². The summed E-state index contributed by atoms with van der Waals surface area (Å²) in [6, 6.07) is 0.932. The molecule has 4 unspecified atom stereocenters. The molecule has 0 heterocycles. The van der Waals surface area contributed by atoms with Gasteiger partial charge in [0.2, 0.25) is 17.7 Å². The molecule has 4 atom stereocenters. The van der Waals surface area contributed by atoms with Crippen molar-refractivity contribution < 1.29 is 39.3 Å². The van der Waals surface area contributed by atoms with Gasteiger partial charge in [0.25, 0.3) is 0 Å². The number of phenols is 1. The van der Waals surface area contributed by atoms with Gasteiger partial charge < -0.3 is 42.7 Å². The Morgan fingerprint density at radius 3 is 1.97 bits per heavy atom. The van der Waals surface area contributed by atoms with E-state index in [0.29, 0.717) is 24.9 Å². The summed E-state index contributed by atoms with van der Waals surface area (Å²) in [5.74, 6) is -5.54. The van der Waals surface area contributed by atoms with Gasteiger partial charge in [-0.05, 0) is 55.8 Å². The van der Waals surface area contributed by atoms with E-state index in [1.165, 1.54) is 12.1 Å². The van der Waals surface area contributed by atoms with Crippen molar-refractivity contribution in [1.29, 1.82) is 0 Å². The lowest BCUT2D eigenvalue weighted by Crippen LogP contribution is -2.58. The molecular weight excluding hydrogens is 486 g/mol. The number of carbonyl (C=O) groups excluding carboxylic acids is 3. The predicted molar refractivity (Wildman–Crippen MR) is 133 cm³/mol. The van der Waals surface area contributed by atoms with Crippen LogP contribution in [-0.4, -0.2) is 75.7 Å². The molecule has 0 saturated carbocycles. The maximum Gasteiger partial charge on any atom is 0.326 e. The molecule has 0 spiro atoms. The van der Waals surface area contributed by atoms with E-state index in [4.69, 9.17) is 11.5 Å². The first-order valence-corrected chi connectivity index (χ1v) is 11.9. The van der Waals surface area contributed by atoms with Gasteiger partial charge in [0.15, 0.2) is 0 Å². The average Bonchev–Trinajstić information content (AvgIpc) is 2.81. The lowest BCUT2D eigenvalue weighted by Gasteiger charge is -2.26. The fourth-order valence-corrected chi connectivity index (χ4v) is 3.44. The van der Waals surface area contributed by atoms with Gasteiger partial charge in [-0.15, -0.1) is 0 Å². The van der Waals surface area contributed by atoms with Crippen LogP contribution in [-0.2, 0) is 30.4 Å². The number of benzene rings is 1. The minimum Gasteiger partial charge on any atom is -0.508 e. The Bertz CT molecular complexity index is 938. The van der Waals surface area contributed by atoms with Gasteiger partial charge in [-0.25, -0.2) is 4.79 Å². The SMILES string of the molecule is CC(C)C(NC(=O)C(CC(=O)O)NC(=O)C(N)Cc1ccc(O)cc1)C(=O)NC(CCCCN)C(=O)O. The molecule has 0 aromatic heterocycles. The minimum absolute atomic E-state index is 0.0361. The Hall–Kier alpha value is -3.71. The number of nitrogens with one attached hydrogen (secondary N) is 3. The number of carboxylic acid groups (broad SMARTS) is 2. The molecule has 0 aliphatic carbocycles. The van der Waals surface area contributed by atoms with Crippen LogP contribution in [0, 0.1) is 5.92 Å². The number of hydrogen-bond acceptors (Lipinski definition) is 8. The maximum absolute atomic E-state index is 12.9. The standard InChI is InChI=1S/C24H37N5O8/c1-13(2)20(23(35)27-17(24(36)37)5-3-4-10-25)29-22(34)18(12-19(31)32)28-21(33)16(26)11-14-6-8-15(30)9-7-14/h6-9,13,16-18,20,30H,3-5,10-12,25-26H2,1-2H3,(H,27,35)(H,28,33)(H,29,34)(H,31,32)(H,36,37). The molecule has 0 radical (unpaired) electrons. The number of aromatic hydroxyl groups is 1. The summed E-state index contributed by atoms with van der Waals surface area (Å²) in [5, 5.41) is 35.1. The zero-order valence-electron chi connectivity index (χ0n) is 21.0. The van der Waals surface area contributed by atoms with Crippen molar-refractivity contribution in [2.75, 3.05) is 6.54 Å². The van der Waals surface area contributed by atoms with Crippen LogP contribution in [0.2, 0.25) is 0 Å². The zero-order valence-corrected chi connectivity index (χ0v) is 21.0. The predicted octanol–water partition coefficient (Wildman–Crippen LogP) is -0.939. The highest BCUT2D eigenvalue weighted by atomic mass is 16.4. The molecule has 0 saturated heterocycles. The van der Waals surface area contributed by atoms with Crippen molar-refractivity contribution in [3.63, 3.8) is 0 Å². The van der Waals surface area contributed by atoms with Crippen molar-refractivity contribution in [2.24, 2.45) is 17.4 Å². The number of carbonyl (C=O) groups is 5. The number of unbranched alkanes of at least 4 members (excludes halogenated alkanes) is 1. The smallest absolute Gasteiger partial charge is 0.326 e. The summed E-state index contributed by atoms with van der Waals surface area (Å²) in [6.07, 6.45) is 0.491. The summed E-state index contributed by atoms with van der Waals surface area (Å²) in [5.41, 5.74) is 12.0. The van der Waals surface area contributed by atoms with E-state index in [1.54, 1.807) is 26.0 Å². The second-order valence-corrected chi connectivity index (χ2v) is 9.05. The highest BCUT2D eigenvalue weighted by molar-refractivity contribution is 5.95. The van der Waals surface area contributed by atoms with Crippen molar-refractivity contribution >= 4 is 29.7 Å². The highest BCUT2D eigenvalue weighted by Gasteiger charge is 2.32. The number of nitrogens with two attached hydrogens (primary N) is 2. The lowest BCUT2D eigenvalue weighted by atomic mass is 10.0. The Balaban J connectivity index is 2.91. The van der Waals surface area contributed by atoms with E-state index in [-0.39, 0.29) is 18.6 Å². The minimum atomic E-state index is -1.54. The number of amides is 3. The van der Waals surface area contributed by atoms with Crippen LogP contribution in [0.3, 0.4) is 0 Å². The Morgan fingerprint density at radius 2 is 1.46 bits per heavy atom. The van der Waals surface area contributed by atoms with Crippen molar-refractivity contribution in [1.82, 2.24) is 16.0 Å². The summed E-state index contributed by atoms with van der Waals surface area (Å²) in [7, 11) is 0. The normalized spacial score (nSPS) is 14.2. The van der Waals surface area contributed by atoms with Gasteiger partial charge in [0, 0.05) is 0 Å². The Kier molecular flexibility index (Phi) is 13.0. The van der Waals surface area contributed by atoms with E-state index in [2.05, 4.69) is 16.0 Å². The molecule has 13 heteroatoms. The number of hydrogen-bond donors (Lipinski definition) is 8. The number of aliphatic carboxylic acids is 2. The molecule has 1 rings (SSSR count). The Labute approximate surface area is 215 Å². The van der Waals surface area contributed by atoms with Gasteiger partial charge in [-0.1, -0.05) is 26.0 Å². The maximum atomic E-state index is 12.9. The molecule has 0 bridgehead atoms. The molecule has 0 aliphatic heterocycles. The molecular formula is C24H37N5O8. The summed E-state index contributed by atoms with van der Waals surface area (Å²) in [6.45, 7) is 3.61. The van der Waals surface area contributed by atoms with Crippen molar-refractivity contribution in [2.45, 2.75) is 70.1 Å². The number of carboxylic acids is 2. The van der Waals surface area contributed by atoms with E-state index in [9.17, 15) is 39.3 Å². The fourth-order valence-electron chi connectivity index (χ4n) is 3.44. The van der Waals surface area contributed by atoms with E-state index >= 15 is 0 Å². The van der Waals surface area contributed by atoms with Crippen LogP contribution in [0.5, 0.6) is 5.75 Å². The van der Waals surface area contributed by atoms with Gasteiger partial charge in [-0.3, -0.25) is 19.2 Å². The average molecular weight is 524 g/mol. The van der Waals surface area contributed by atoms with Crippen LogP contribution in [0.25, 0.3) is 0 Å². The lowest BCUT2D eigenvalue weighted by molar-refractivity contribution is -0.143. The zero-order chi connectivity index (χ0) is 28.1. The largest absolute Gasteiger partial charge is 0.508 e. The monoisotopic (exact) mass is 523 g/mol. The van der Waals surface area contributed by atoms with E-state index < -0.39 is 66.2 Å². The first-order chi connectivity index (χ1) is 17.3. The molecule has 37 heavy (non-hydrogen) atoms. The molecule has 13 nitrogen and oxygen atoms in total. The molecule has 206 valence electrons. The van der Waals surface area contributed by atoms with Gasteiger partial charge in [-0.2, -0.15) is 0 Å². The van der Waals surface area contributed by atoms with Crippen LogP contribution in [0.1, 0.15) is 45.1 Å². The van der Waals surface area contributed by atoms with Crippen LogP contribution in [0.15, 0.2) is 24.3 Å². The Morgan fingerprint density at radius 1 is 0.865 bits per heavy atom. The summed E-state index contributed by atoms with van der Waals surface area (Å²) >= 11 is 0. The highest BCUT2D eigenvalue weighted by Crippen LogP contribution is 2.11. The fraction of sp³-hybridized carbons (Fsp3) is 0.542. The van der Waals surface area contributed by atoms with Gasteiger partial charge in [0.1, 0.15) is 23.9 Å². The second kappa shape index (κ2) is 15.4. The molecule has 1 aromatic rings. The third-order valence-electron chi connectivity index (χ3n) is 5.55. The quantitative estimate of drug-likeness (QED) is 0.124. The second-order valence-electron chi connectivity index (χ2n) is 9.05.